The molecule has 0 N–H and O–H groups in total. The van der Waals surface area contributed by atoms with Gasteiger partial charge in [-0.05, 0) is 36.8 Å². The van der Waals surface area contributed by atoms with Crippen LogP contribution in [0.3, 0.4) is 0 Å². The molecule has 3 aromatic rings. The highest BCUT2D eigenvalue weighted by atomic mass is 32.2. The Kier molecular flexibility index (Phi) is 4.81. The van der Waals surface area contributed by atoms with Gasteiger partial charge >= 0.3 is 0 Å². The van der Waals surface area contributed by atoms with Gasteiger partial charge in [0.2, 0.25) is 14.7 Å². The fraction of sp³-hybridized carbons (Fsp3) is 0.0526. The van der Waals surface area contributed by atoms with E-state index in [1.807, 2.05) is 0 Å². The summed E-state index contributed by atoms with van der Waals surface area (Å²) in [6.07, 6.45) is 0. The minimum Gasteiger partial charge on any atom is -0.207 e. The van der Waals surface area contributed by atoms with Gasteiger partial charge in [-0.3, -0.25) is 0 Å². The van der Waals surface area contributed by atoms with E-state index in [4.69, 9.17) is 0 Å². The highest BCUT2D eigenvalue weighted by molar-refractivity contribution is 7.97. The molecule has 0 aliphatic heterocycles. The van der Waals surface area contributed by atoms with Crippen LogP contribution in [0.2, 0.25) is 0 Å². The van der Waals surface area contributed by atoms with Gasteiger partial charge < -0.3 is 0 Å². The Morgan fingerprint density at radius 2 is 0.960 bits per heavy atom. The maximum atomic E-state index is 14.5. The molecule has 0 saturated carbocycles. The maximum Gasteiger partial charge on any atom is 0.202 e. The lowest BCUT2D eigenvalue weighted by Gasteiger charge is -2.10. The van der Waals surface area contributed by atoms with E-state index in [1.54, 1.807) is 13.0 Å². The zero-order chi connectivity index (χ0) is 18.1. The highest BCUT2D eigenvalue weighted by Gasteiger charge is 2.37. The number of halogens is 5. The van der Waals surface area contributed by atoms with Crippen LogP contribution in [0.15, 0.2) is 69.3 Å². The van der Waals surface area contributed by atoms with Crippen molar-refractivity contribution in [1.29, 1.82) is 0 Å². The van der Waals surface area contributed by atoms with Gasteiger partial charge in [0.05, 0.1) is 0 Å². The van der Waals surface area contributed by atoms with Crippen molar-refractivity contribution in [3.63, 3.8) is 0 Å². The summed E-state index contributed by atoms with van der Waals surface area (Å²) in [5.41, 5.74) is 0.643. The summed E-state index contributed by atoms with van der Waals surface area (Å²) >= 11 is 0. The van der Waals surface area contributed by atoms with Crippen molar-refractivity contribution in [2.24, 2.45) is 0 Å². The zero-order valence-electron chi connectivity index (χ0n) is 13.0. The first-order valence-corrected chi connectivity index (χ1v) is 8.50. The molecule has 3 aromatic carbocycles. The Bertz CT molecular complexity index is 817. The molecular formula is C19H12F5S+. The molecule has 0 amide bonds. The number of aryl methyl sites for hydroxylation is 1. The molecule has 128 valence electrons. The smallest absolute Gasteiger partial charge is 0.202 e. The van der Waals surface area contributed by atoms with Gasteiger partial charge in [-0.25, -0.2) is 22.0 Å². The first-order chi connectivity index (χ1) is 11.9. The molecule has 0 aliphatic carbocycles. The molecule has 0 radical (unpaired) electrons. The lowest BCUT2D eigenvalue weighted by molar-refractivity contribution is 0.558. The summed E-state index contributed by atoms with van der Waals surface area (Å²) in [4.78, 5) is -0.106. The Labute approximate surface area is 144 Å². The van der Waals surface area contributed by atoms with E-state index in [9.17, 15) is 22.0 Å². The molecule has 0 fully saturated rings. The molecule has 0 unspecified atom stereocenters. The third-order valence-electron chi connectivity index (χ3n) is 3.53. The van der Waals surface area contributed by atoms with Gasteiger partial charge in [-0.2, -0.15) is 0 Å². The van der Waals surface area contributed by atoms with Gasteiger partial charge in [0.25, 0.3) is 0 Å². The van der Waals surface area contributed by atoms with Crippen molar-refractivity contribution >= 4 is 10.9 Å². The second-order valence-corrected chi connectivity index (χ2v) is 7.32. The Balaban J connectivity index is 2.27. The standard InChI is InChI=1S/C19H12F5S/c1-11-2-5-17(14(22)8-11)25(18-6-3-12(20)9-15(18)23)19-7-4-13(21)10-16(19)24/h2-10H,1H3/q+1. The van der Waals surface area contributed by atoms with E-state index >= 15 is 0 Å². The van der Waals surface area contributed by atoms with Crippen LogP contribution in [-0.4, -0.2) is 0 Å². The predicted molar refractivity (Wildman–Crippen MR) is 86.0 cm³/mol. The first-order valence-electron chi connectivity index (χ1n) is 7.27. The van der Waals surface area contributed by atoms with Crippen molar-refractivity contribution in [3.05, 3.63) is 89.2 Å². The van der Waals surface area contributed by atoms with Crippen molar-refractivity contribution in [3.8, 4) is 0 Å². The number of hydrogen-bond donors (Lipinski definition) is 0. The molecule has 0 saturated heterocycles. The molecule has 0 heterocycles. The van der Waals surface area contributed by atoms with Crippen molar-refractivity contribution in [2.45, 2.75) is 21.6 Å². The van der Waals surface area contributed by atoms with E-state index in [-0.39, 0.29) is 14.7 Å². The molecule has 6 heteroatoms. The van der Waals surface area contributed by atoms with Crippen LogP contribution in [0.25, 0.3) is 0 Å². The Hall–Kier alpha value is -2.34. The largest absolute Gasteiger partial charge is 0.207 e. The summed E-state index contributed by atoms with van der Waals surface area (Å²) in [5.74, 6) is -4.09. The van der Waals surface area contributed by atoms with Crippen LogP contribution in [-0.2, 0) is 10.9 Å². The molecule has 0 atom stereocenters. The van der Waals surface area contributed by atoms with E-state index < -0.39 is 40.0 Å². The Morgan fingerprint density at radius 1 is 0.560 bits per heavy atom. The summed E-state index contributed by atoms with van der Waals surface area (Å²) in [5, 5.41) is 0. The van der Waals surface area contributed by atoms with Gasteiger partial charge in [0.1, 0.15) is 22.5 Å². The lowest BCUT2D eigenvalue weighted by atomic mass is 10.2. The predicted octanol–water partition coefficient (Wildman–Crippen LogP) is 5.79. The molecule has 3 rings (SSSR count). The SMILES string of the molecule is Cc1ccc([S+](c2ccc(F)cc2F)c2ccc(F)cc2F)c(F)c1. The monoisotopic (exact) mass is 367 g/mol. The fourth-order valence-electron chi connectivity index (χ4n) is 2.41. The first kappa shape index (κ1) is 17.5. The third kappa shape index (κ3) is 3.54. The summed E-state index contributed by atoms with van der Waals surface area (Å²) in [6.45, 7) is 1.68. The van der Waals surface area contributed by atoms with Crippen LogP contribution >= 0.6 is 0 Å². The number of rotatable bonds is 3. The zero-order valence-corrected chi connectivity index (χ0v) is 13.8. The maximum absolute atomic E-state index is 14.5. The topological polar surface area (TPSA) is 0 Å². The average molecular weight is 367 g/mol. The van der Waals surface area contributed by atoms with Gasteiger partial charge in [-0.1, -0.05) is 6.07 Å². The van der Waals surface area contributed by atoms with Crippen LogP contribution in [0, 0.1) is 36.0 Å². The van der Waals surface area contributed by atoms with Crippen LogP contribution in [0.4, 0.5) is 22.0 Å². The minimum absolute atomic E-state index is 0.0432. The fourth-order valence-corrected chi connectivity index (χ4v) is 4.49. The van der Waals surface area contributed by atoms with Crippen molar-refractivity contribution < 1.29 is 22.0 Å². The van der Waals surface area contributed by atoms with Crippen LogP contribution in [0.1, 0.15) is 5.56 Å². The van der Waals surface area contributed by atoms with E-state index in [1.165, 1.54) is 12.1 Å². The van der Waals surface area contributed by atoms with Crippen molar-refractivity contribution in [1.82, 2.24) is 0 Å². The Morgan fingerprint density at radius 3 is 1.36 bits per heavy atom. The van der Waals surface area contributed by atoms with Crippen LogP contribution in [0.5, 0.6) is 0 Å². The lowest BCUT2D eigenvalue weighted by Crippen LogP contribution is -2.11. The quantitative estimate of drug-likeness (QED) is 0.406. The van der Waals surface area contributed by atoms with Gasteiger partial charge in [-0.15, -0.1) is 0 Å². The molecule has 25 heavy (non-hydrogen) atoms. The van der Waals surface area contributed by atoms with E-state index in [0.717, 1.165) is 24.3 Å². The summed E-state index contributed by atoms with van der Waals surface area (Å²) in [6, 6.07) is 9.94. The van der Waals surface area contributed by atoms with E-state index in [0.29, 0.717) is 17.7 Å². The minimum atomic E-state index is -1.53. The molecule has 0 spiro atoms. The molecule has 0 aromatic heterocycles. The summed E-state index contributed by atoms with van der Waals surface area (Å²) in [7, 11) is -1.53. The second kappa shape index (κ2) is 6.88. The normalized spacial score (nSPS) is 11.2. The number of hydrogen-bond acceptors (Lipinski definition) is 0. The molecule has 0 nitrogen and oxygen atoms in total. The van der Waals surface area contributed by atoms with Gasteiger partial charge in [0.15, 0.2) is 17.5 Å². The van der Waals surface area contributed by atoms with Crippen molar-refractivity contribution in [2.75, 3.05) is 0 Å². The third-order valence-corrected chi connectivity index (χ3v) is 5.85. The van der Waals surface area contributed by atoms with E-state index in [2.05, 4.69) is 0 Å². The highest BCUT2D eigenvalue weighted by Crippen LogP contribution is 2.36. The average Bonchev–Trinajstić information content (AvgIpc) is 2.52. The molecule has 0 aliphatic rings. The van der Waals surface area contributed by atoms with Gasteiger partial charge in [0, 0.05) is 24.3 Å². The number of benzene rings is 3. The summed E-state index contributed by atoms with van der Waals surface area (Å²) < 4.78 is 69.7. The molecular weight excluding hydrogens is 355 g/mol. The molecule has 0 bridgehead atoms. The second-order valence-electron chi connectivity index (χ2n) is 5.39. The van der Waals surface area contributed by atoms with Crippen LogP contribution < -0.4 is 0 Å².